The highest BCUT2D eigenvalue weighted by Gasteiger charge is 2.23. The van der Waals surface area contributed by atoms with Gasteiger partial charge in [0.15, 0.2) is 0 Å². The van der Waals surface area contributed by atoms with Gasteiger partial charge in [0.2, 0.25) is 0 Å². The van der Waals surface area contributed by atoms with Crippen LogP contribution in [0.25, 0.3) is 0 Å². The zero-order valence-electron chi connectivity index (χ0n) is 11.1. The Morgan fingerprint density at radius 2 is 1.60 bits per heavy atom. The van der Waals surface area contributed by atoms with Crippen molar-refractivity contribution in [1.29, 1.82) is 0 Å². The number of aliphatic hydroxyl groups excluding tert-OH is 1. The van der Waals surface area contributed by atoms with Crippen LogP contribution >= 0.6 is 27.5 Å². The fraction of sp³-hybridized carbons (Fsp3) is 0.200. The maximum Gasteiger partial charge on any atom is 0.128 e. The van der Waals surface area contributed by atoms with Gasteiger partial charge in [-0.25, -0.2) is 0 Å². The molecule has 106 valence electrons. The van der Waals surface area contributed by atoms with Crippen LogP contribution in [0, 0.1) is 0 Å². The molecule has 5 heteroatoms. The van der Waals surface area contributed by atoms with Crippen LogP contribution in [0.4, 0.5) is 0 Å². The van der Waals surface area contributed by atoms with Gasteiger partial charge < -0.3 is 14.6 Å². The van der Waals surface area contributed by atoms with Crippen molar-refractivity contribution in [2.75, 3.05) is 14.2 Å². The molecule has 0 saturated carbocycles. The minimum absolute atomic E-state index is 0.466. The van der Waals surface area contributed by atoms with Gasteiger partial charge in [-0.05, 0) is 34.1 Å². The van der Waals surface area contributed by atoms with E-state index in [4.69, 9.17) is 21.1 Å². The maximum atomic E-state index is 10.7. The van der Waals surface area contributed by atoms with Crippen molar-refractivity contribution in [3.63, 3.8) is 0 Å². The van der Waals surface area contributed by atoms with Gasteiger partial charge in [0, 0.05) is 10.0 Å². The molecule has 0 aliphatic heterocycles. The highest BCUT2D eigenvalue weighted by Crippen LogP contribution is 2.40. The summed E-state index contributed by atoms with van der Waals surface area (Å²) < 4.78 is 11.3. The Kier molecular flexibility index (Phi) is 4.91. The predicted molar refractivity (Wildman–Crippen MR) is 82.8 cm³/mol. The molecule has 0 heterocycles. The molecule has 0 spiro atoms. The van der Waals surface area contributed by atoms with Crippen LogP contribution < -0.4 is 9.47 Å². The molecule has 0 aromatic heterocycles. The molecule has 1 unspecified atom stereocenters. The third-order valence-electron chi connectivity index (χ3n) is 3.02. The second-order valence-corrected chi connectivity index (χ2v) is 5.35. The number of methoxy groups -OCH3 is 2. The van der Waals surface area contributed by atoms with E-state index in [0.29, 0.717) is 27.6 Å². The Bertz CT molecular complexity index is 594. The molecule has 0 aliphatic carbocycles. The van der Waals surface area contributed by atoms with Crippen molar-refractivity contribution in [2.45, 2.75) is 6.10 Å². The molecule has 1 N–H and O–H groups in total. The van der Waals surface area contributed by atoms with Crippen molar-refractivity contribution in [2.24, 2.45) is 0 Å². The molecule has 20 heavy (non-hydrogen) atoms. The zero-order chi connectivity index (χ0) is 14.7. The van der Waals surface area contributed by atoms with Gasteiger partial charge in [-0.2, -0.15) is 0 Å². The molecular formula is C15H14BrClO3. The van der Waals surface area contributed by atoms with Crippen LogP contribution in [0.15, 0.2) is 40.9 Å². The lowest BCUT2D eigenvalue weighted by Crippen LogP contribution is -2.05. The summed E-state index contributed by atoms with van der Waals surface area (Å²) in [5.41, 5.74) is 1.14. The molecule has 3 nitrogen and oxygen atoms in total. The Morgan fingerprint density at radius 1 is 1.05 bits per heavy atom. The molecule has 0 bridgehead atoms. The second-order valence-electron chi connectivity index (χ2n) is 4.12. The van der Waals surface area contributed by atoms with Gasteiger partial charge in [-0.1, -0.05) is 29.8 Å². The van der Waals surface area contributed by atoms with E-state index in [1.807, 2.05) is 12.1 Å². The van der Waals surface area contributed by atoms with E-state index in [-0.39, 0.29) is 0 Å². The Balaban J connectivity index is 2.58. The molecular weight excluding hydrogens is 344 g/mol. The van der Waals surface area contributed by atoms with E-state index >= 15 is 0 Å². The summed E-state index contributed by atoms with van der Waals surface area (Å²) in [6, 6.07) is 10.7. The van der Waals surface area contributed by atoms with Gasteiger partial charge in [-0.3, -0.25) is 0 Å². The molecule has 0 fully saturated rings. The highest BCUT2D eigenvalue weighted by atomic mass is 79.9. The number of hydrogen-bond acceptors (Lipinski definition) is 3. The van der Waals surface area contributed by atoms with Gasteiger partial charge in [-0.15, -0.1) is 0 Å². The first-order valence-electron chi connectivity index (χ1n) is 5.93. The fourth-order valence-electron chi connectivity index (χ4n) is 2.04. The highest BCUT2D eigenvalue weighted by molar-refractivity contribution is 9.10. The Hall–Kier alpha value is -1.23. The van der Waals surface area contributed by atoms with Crippen LogP contribution in [0.5, 0.6) is 11.5 Å². The monoisotopic (exact) mass is 356 g/mol. The van der Waals surface area contributed by atoms with E-state index in [0.717, 1.165) is 4.47 Å². The van der Waals surface area contributed by atoms with E-state index in [1.165, 1.54) is 0 Å². The molecule has 2 aromatic rings. The summed E-state index contributed by atoms with van der Waals surface area (Å²) in [4.78, 5) is 0. The van der Waals surface area contributed by atoms with E-state index in [9.17, 15) is 5.11 Å². The average Bonchev–Trinajstić information content (AvgIpc) is 2.48. The summed E-state index contributed by atoms with van der Waals surface area (Å²) in [7, 11) is 3.10. The summed E-state index contributed by atoms with van der Waals surface area (Å²) in [5.74, 6) is 1.10. The summed E-state index contributed by atoms with van der Waals surface area (Å²) >= 11 is 9.59. The van der Waals surface area contributed by atoms with Crippen LogP contribution in [-0.4, -0.2) is 19.3 Å². The fourth-order valence-corrected chi connectivity index (χ4v) is 2.65. The average molecular weight is 358 g/mol. The van der Waals surface area contributed by atoms with Crippen molar-refractivity contribution in [3.05, 3.63) is 57.0 Å². The first-order valence-corrected chi connectivity index (χ1v) is 7.10. The summed E-state index contributed by atoms with van der Waals surface area (Å²) in [6.07, 6.45) is -0.939. The molecule has 1 atom stereocenters. The Morgan fingerprint density at radius 3 is 2.15 bits per heavy atom. The van der Waals surface area contributed by atoms with Crippen LogP contribution in [0.2, 0.25) is 5.02 Å². The summed E-state index contributed by atoms with van der Waals surface area (Å²) in [6.45, 7) is 0. The number of hydrogen-bond donors (Lipinski definition) is 1. The standard InChI is InChI=1S/C15H14BrClO3/c1-19-11-7-4-8-12(20-2)13(11)15(18)9-5-3-6-10(16)14(9)17/h3-8,15,18H,1-2H3. The SMILES string of the molecule is COc1cccc(OC)c1C(O)c1cccc(Br)c1Cl. The minimum atomic E-state index is -0.939. The van der Waals surface area contributed by atoms with E-state index in [2.05, 4.69) is 15.9 Å². The zero-order valence-corrected chi connectivity index (χ0v) is 13.4. The topological polar surface area (TPSA) is 38.7 Å². The largest absolute Gasteiger partial charge is 0.496 e. The van der Waals surface area contributed by atoms with E-state index < -0.39 is 6.10 Å². The first kappa shape index (κ1) is 15.2. The quantitative estimate of drug-likeness (QED) is 0.891. The first-order chi connectivity index (χ1) is 9.60. The van der Waals surface area contributed by atoms with Gasteiger partial charge >= 0.3 is 0 Å². The number of benzene rings is 2. The molecule has 0 aliphatic rings. The van der Waals surface area contributed by atoms with E-state index in [1.54, 1.807) is 38.5 Å². The minimum Gasteiger partial charge on any atom is -0.496 e. The van der Waals surface area contributed by atoms with Gasteiger partial charge in [0.05, 0.1) is 24.8 Å². The van der Waals surface area contributed by atoms with Crippen LogP contribution in [0.3, 0.4) is 0 Å². The predicted octanol–water partition coefficient (Wildman–Crippen LogP) is 4.20. The summed E-state index contributed by atoms with van der Waals surface area (Å²) in [5, 5.41) is 11.1. The number of ether oxygens (including phenoxy) is 2. The number of halogens is 2. The van der Waals surface area contributed by atoms with Gasteiger partial charge in [0.25, 0.3) is 0 Å². The lowest BCUT2D eigenvalue weighted by Gasteiger charge is -2.19. The normalized spacial score (nSPS) is 12.1. The molecule has 0 radical (unpaired) electrons. The lowest BCUT2D eigenvalue weighted by atomic mass is 9.99. The van der Waals surface area contributed by atoms with Crippen molar-refractivity contribution < 1.29 is 14.6 Å². The molecule has 0 amide bonds. The van der Waals surface area contributed by atoms with Crippen LogP contribution in [0.1, 0.15) is 17.2 Å². The van der Waals surface area contributed by atoms with Crippen molar-refractivity contribution in [3.8, 4) is 11.5 Å². The third kappa shape index (κ3) is 2.77. The van der Waals surface area contributed by atoms with Crippen molar-refractivity contribution >= 4 is 27.5 Å². The maximum absolute atomic E-state index is 10.7. The number of rotatable bonds is 4. The Labute approximate surface area is 131 Å². The third-order valence-corrected chi connectivity index (χ3v) is 4.33. The molecule has 0 saturated heterocycles. The molecule has 2 aromatic carbocycles. The smallest absolute Gasteiger partial charge is 0.128 e. The second kappa shape index (κ2) is 6.48. The van der Waals surface area contributed by atoms with Gasteiger partial charge in [0.1, 0.15) is 17.6 Å². The molecule has 2 rings (SSSR count). The lowest BCUT2D eigenvalue weighted by molar-refractivity contribution is 0.209. The number of aliphatic hydroxyl groups is 1. The van der Waals surface area contributed by atoms with Crippen LogP contribution in [-0.2, 0) is 0 Å². The van der Waals surface area contributed by atoms with Crippen molar-refractivity contribution in [1.82, 2.24) is 0 Å².